The molecule has 2 aliphatic heterocycles. The zero-order valence-electron chi connectivity index (χ0n) is 15.7. The van der Waals surface area contributed by atoms with Gasteiger partial charge in [0.2, 0.25) is 0 Å². The van der Waals surface area contributed by atoms with Gasteiger partial charge in [-0.25, -0.2) is 15.0 Å². The molecule has 5 rings (SSSR count). The van der Waals surface area contributed by atoms with Crippen molar-refractivity contribution < 1.29 is 4.74 Å². The van der Waals surface area contributed by atoms with E-state index in [-0.39, 0.29) is 0 Å². The highest BCUT2D eigenvalue weighted by Crippen LogP contribution is 2.22. The van der Waals surface area contributed by atoms with Gasteiger partial charge in [-0.15, -0.1) is 0 Å². The van der Waals surface area contributed by atoms with Gasteiger partial charge < -0.3 is 20.3 Å². The number of rotatable bonds is 4. The molecule has 3 aromatic heterocycles. The van der Waals surface area contributed by atoms with E-state index in [0.29, 0.717) is 6.04 Å². The van der Waals surface area contributed by atoms with Crippen LogP contribution in [0.5, 0.6) is 0 Å². The van der Waals surface area contributed by atoms with Crippen LogP contribution in [0.25, 0.3) is 16.9 Å². The molecule has 5 heterocycles. The minimum atomic E-state index is 0.384. The molecule has 2 N–H and O–H groups in total. The Kier molecular flexibility index (Phi) is 4.76. The molecule has 1 atom stereocenters. The number of nitrogens with zero attached hydrogens (tertiary/aromatic N) is 6. The summed E-state index contributed by atoms with van der Waals surface area (Å²) >= 11 is 0. The molecule has 2 fully saturated rings. The van der Waals surface area contributed by atoms with Crippen molar-refractivity contribution in [3.05, 3.63) is 31.0 Å². The third kappa shape index (κ3) is 3.50. The van der Waals surface area contributed by atoms with E-state index in [4.69, 9.17) is 9.72 Å². The third-order valence-electron chi connectivity index (χ3n) is 5.27. The summed E-state index contributed by atoms with van der Waals surface area (Å²) < 4.78 is 7.42. The van der Waals surface area contributed by atoms with Crippen molar-refractivity contribution in [3.63, 3.8) is 0 Å². The van der Waals surface area contributed by atoms with Crippen molar-refractivity contribution in [2.75, 3.05) is 49.6 Å². The van der Waals surface area contributed by atoms with Gasteiger partial charge in [0, 0.05) is 31.7 Å². The van der Waals surface area contributed by atoms with Crippen LogP contribution in [0.1, 0.15) is 12.8 Å². The van der Waals surface area contributed by atoms with E-state index < -0.39 is 0 Å². The summed E-state index contributed by atoms with van der Waals surface area (Å²) in [6.07, 6.45) is 9.46. The molecule has 3 aromatic rings. The van der Waals surface area contributed by atoms with Gasteiger partial charge in [-0.2, -0.15) is 0 Å². The van der Waals surface area contributed by atoms with Crippen molar-refractivity contribution in [3.8, 4) is 5.82 Å². The smallest absolute Gasteiger partial charge is 0.159 e. The van der Waals surface area contributed by atoms with Crippen molar-refractivity contribution in [1.82, 2.24) is 29.8 Å². The Labute approximate surface area is 163 Å². The summed E-state index contributed by atoms with van der Waals surface area (Å²) in [5, 5.41) is 6.90. The predicted molar refractivity (Wildman–Crippen MR) is 107 cm³/mol. The van der Waals surface area contributed by atoms with Crippen LogP contribution in [0.2, 0.25) is 0 Å². The fourth-order valence-electron chi connectivity index (χ4n) is 3.77. The lowest BCUT2D eigenvalue weighted by atomic mass is 10.1. The Balaban J connectivity index is 1.44. The number of anilines is 2. The molecule has 0 spiro atoms. The molecule has 0 bridgehead atoms. The number of hydrogen-bond donors (Lipinski definition) is 2. The predicted octanol–water partition coefficient (Wildman–Crippen LogP) is 1.21. The van der Waals surface area contributed by atoms with Gasteiger partial charge >= 0.3 is 0 Å². The normalized spacial score (nSPS) is 20.4. The molecule has 146 valence electrons. The van der Waals surface area contributed by atoms with Gasteiger partial charge in [0.15, 0.2) is 5.82 Å². The van der Waals surface area contributed by atoms with Crippen LogP contribution in [0.15, 0.2) is 31.0 Å². The molecule has 0 amide bonds. The van der Waals surface area contributed by atoms with Crippen LogP contribution >= 0.6 is 0 Å². The van der Waals surface area contributed by atoms with Gasteiger partial charge in [0.25, 0.3) is 0 Å². The first-order valence-electron chi connectivity index (χ1n) is 9.82. The molecule has 2 saturated heterocycles. The molecular weight excluding hydrogens is 356 g/mol. The maximum absolute atomic E-state index is 5.45. The van der Waals surface area contributed by atoms with Crippen molar-refractivity contribution in [2.45, 2.75) is 18.9 Å². The Bertz CT molecular complexity index is 946. The first-order chi connectivity index (χ1) is 13.9. The summed E-state index contributed by atoms with van der Waals surface area (Å²) in [5.74, 6) is 2.47. The van der Waals surface area contributed by atoms with Crippen molar-refractivity contribution >= 4 is 22.7 Å². The second-order valence-corrected chi connectivity index (χ2v) is 7.20. The van der Waals surface area contributed by atoms with E-state index in [1.54, 1.807) is 18.7 Å². The van der Waals surface area contributed by atoms with Crippen LogP contribution < -0.4 is 15.5 Å². The number of piperidine rings is 1. The molecule has 0 aliphatic carbocycles. The standard InChI is InChI=1S/C19H24N8O/c1-2-14(9-20-3-1)24-17-11-21-12-19(25-17)27-13-23-15-10-22-18(8-16(15)27)26-4-6-28-7-5-26/h8,10-14,20H,1-7,9H2,(H,24,25)/t14-/m1/s1. The Morgan fingerprint density at radius 3 is 2.89 bits per heavy atom. The van der Waals surface area contributed by atoms with Crippen LogP contribution in [0, 0.1) is 0 Å². The zero-order valence-corrected chi connectivity index (χ0v) is 15.7. The zero-order chi connectivity index (χ0) is 18.8. The number of ether oxygens (including phenoxy) is 1. The number of pyridine rings is 1. The quantitative estimate of drug-likeness (QED) is 0.698. The number of aromatic nitrogens is 5. The van der Waals surface area contributed by atoms with E-state index in [9.17, 15) is 0 Å². The topological polar surface area (TPSA) is 93.0 Å². The summed E-state index contributed by atoms with van der Waals surface area (Å²) in [5.41, 5.74) is 1.82. The number of nitrogens with one attached hydrogen (secondary N) is 2. The Hall–Kier alpha value is -2.78. The lowest BCUT2D eigenvalue weighted by Crippen LogP contribution is -2.38. The maximum atomic E-state index is 5.45. The van der Waals surface area contributed by atoms with Crippen molar-refractivity contribution in [1.29, 1.82) is 0 Å². The third-order valence-corrected chi connectivity index (χ3v) is 5.27. The summed E-state index contributed by atoms with van der Waals surface area (Å²) in [4.78, 5) is 20.5. The molecule has 0 unspecified atom stereocenters. The van der Waals surface area contributed by atoms with E-state index in [2.05, 4.69) is 36.6 Å². The van der Waals surface area contributed by atoms with E-state index in [0.717, 1.165) is 74.3 Å². The number of fused-ring (bicyclic) bond motifs is 1. The average molecular weight is 380 g/mol. The highest BCUT2D eigenvalue weighted by atomic mass is 16.5. The van der Waals surface area contributed by atoms with Gasteiger partial charge in [0.1, 0.15) is 23.5 Å². The maximum Gasteiger partial charge on any atom is 0.159 e. The molecular formula is C19H24N8O. The fraction of sp³-hybridized carbons (Fsp3) is 0.474. The monoisotopic (exact) mass is 380 g/mol. The minimum absolute atomic E-state index is 0.384. The highest BCUT2D eigenvalue weighted by Gasteiger charge is 2.16. The Morgan fingerprint density at radius 2 is 2.04 bits per heavy atom. The molecule has 0 aromatic carbocycles. The molecule has 28 heavy (non-hydrogen) atoms. The second-order valence-electron chi connectivity index (χ2n) is 7.20. The van der Waals surface area contributed by atoms with Gasteiger partial charge in [0.05, 0.1) is 37.3 Å². The molecule has 0 saturated carbocycles. The molecule has 2 aliphatic rings. The van der Waals surface area contributed by atoms with Crippen molar-refractivity contribution in [2.24, 2.45) is 0 Å². The SMILES string of the molecule is c1ncc(-n2cnc3cnc(N4CCOCC4)cc32)nc1N[C@@H]1CCCNC1. The molecule has 0 radical (unpaired) electrons. The number of imidazole rings is 1. The van der Waals surface area contributed by atoms with E-state index in [1.165, 1.54) is 6.42 Å². The van der Waals surface area contributed by atoms with Gasteiger partial charge in [-0.05, 0) is 19.4 Å². The molecule has 9 nitrogen and oxygen atoms in total. The van der Waals surface area contributed by atoms with Crippen LogP contribution in [0.4, 0.5) is 11.6 Å². The number of hydrogen-bond acceptors (Lipinski definition) is 8. The number of morpholine rings is 1. The highest BCUT2D eigenvalue weighted by molar-refractivity contribution is 5.79. The fourth-order valence-corrected chi connectivity index (χ4v) is 3.77. The lowest BCUT2D eigenvalue weighted by molar-refractivity contribution is 0.122. The first kappa shape index (κ1) is 17.3. The lowest BCUT2D eigenvalue weighted by Gasteiger charge is -2.27. The van der Waals surface area contributed by atoms with E-state index in [1.807, 2.05) is 10.8 Å². The van der Waals surface area contributed by atoms with E-state index >= 15 is 0 Å². The van der Waals surface area contributed by atoms with Crippen LogP contribution in [0.3, 0.4) is 0 Å². The first-order valence-corrected chi connectivity index (χ1v) is 9.82. The second kappa shape index (κ2) is 7.69. The summed E-state index contributed by atoms with van der Waals surface area (Å²) in [7, 11) is 0. The summed E-state index contributed by atoms with van der Waals surface area (Å²) in [6, 6.07) is 2.45. The van der Waals surface area contributed by atoms with Crippen LogP contribution in [-0.2, 0) is 4.74 Å². The van der Waals surface area contributed by atoms with Gasteiger partial charge in [-0.1, -0.05) is 0 Å². The average Bonchev–Trinajstić information content (AvgIpc) is 3.19. The molecule has 9 heteroatoms. The minimum Gasteiger partial charge on any atom is -0.378 e. The largest absolute Gasteiger partial charge is 0.378 e. The summed E-state index contributed by atoms with van der Waals surface area (Å²) in [6.45, 7) is 5.20. The van der Waals surface area contributed by atoms with Crippen LogP contribution in [-0.4, -0.2) is 69.9 Å². The Morgan fingerprint density at radius 1 is 1.11 bits per heavy atom. The van der Waals surface area contributed by atoms with Gasteiger partial charge in [-0.3, -0.25) is 9.55 Å².